The molecule has 2 rings (SSSR count). The van der Waals surface area contributed by atoms with Gasteiger partial charge >= 0.3 is 0 Å². The van der Waals surface area contributed by atoms with Gasteiger partial charge in [-0.05, 0) is 12.1 Å². The molecule has 102 valence electrons. The highest BCUT2D eigenvalue weighted by Crippen LogP contribution is 2.10. The van der Waals surface area contributed by atoms with Crippen molar-refractivity contribution < 1.29 is 14.3 Å². The molecule has 1 aromatic rings. The van der Waals surface area contributed by atoms with Gasteiger partial charge in [-0.25, -0.2) is 0 Å². The largest absolute Gasteiger partial charge is 0.484 e. The molecule has 1 aliphatic rings. The highest BCUT2D eigenvalue weighted by Gasteiger charge is 2.25. The highest BCUT2D eigenvalue weighted by molar-refractivity contribution is 7.80. The van der Waals surface area contributed by atoms with Gasteiger partial charge in [0, 0.05) is 6.54 Å². The van der Waals surface area contributed by atoms with Gasteiger partial charge in [0.25, 0.3) is 5.91 Å². The summed E-state index contributed by atoms with van der Waals surface area (Å²) in [6, 6.07) is 9.23. The second-order valence-electron chi connectivity index (χ2n) is 4.20. The van der Waals surface area contributed by atoms with Crippen LogP contribution >= 0.6 is 12.2 Å². The lowest BCUT2D eigenvalue weighted by Crippen LogP contribution is -2.51. The van der Waals surface area contributed by atoms with E-state index in [4.69, 9.17) is 27.4 Å². The molecule has 0 radical (unpaired) electrons. The lowest BCUT2D eigenvalue weighted by Gasteiger charge is -2.32. The Morgan fingerprint density at radius 1 is 1.47 bits per heavy atom. The van der Waals surface area contributed by atoms with Crippen LogP contribution in [0, 0.1) is 0 Å². The van der Waals surface area contributed by atoms with Crippen LogP contribution in [-0.2, 0) is 9.53 Å². The number of hydrogen-bond donors (Lipinski definition) is 1. The summed E-state index contributed by atoms with van der Waals surface area (Å²) in [7, 11) is 0. The Labute approximate surface area is 117 Å². The summed E-state index contributed by atoms with van der Waals surface area (Å²) < 4.78 is 10.8. The third kappa shape index (κ3) is 3.90. The Morgan fingerprint density at radius 3 is 2.89 bits per heavy atom. The van der Waals surface area contributed by atoms with Gasteiger partial charge in [-0.15, -0.1) is 0 Å². The molecular formula is C13H16N2O3S. The number of hydrogen-bond acceptors (Lipinski definition) is 4. The standard InChI is InChI=1S/C13H16N2O3S/c14-13(19)11-8-15(6-7-17-11)12(16)9-18-10-4-2-1-3-5-10/h1-5,11H,6-9H2,(H2,14,19). The SMILES string of the molecule is NC(=S)C1CN(C(=O)COc2ccccc2)CCO1. The first kappa shape index (κ1) is 13.8. The summed E-state index contributed by atoms with van der Waals surface area (Å²) in [5.74, 6) is 0.586. The van der Waals surface area contributed by atoms with Gasteiger partial charge in [-0.3, -0.25) is 4.79 Å². The molecule has 1 fully saturated rings. The number of ether oxygens (including phenoxy) is 2. The van der Waals surface area contributed by atoms with E-state index in [9.17, 15) is 4.79 Å². The summed E-state index contributed by atoms with van der Waals surface area (Å²) in [6.07, 6.45) is -0.357. The maximum Gasteiger partial charge on any atom is 0.260 e. The van der Waals surface area contributed by atoms with E-state index in [2.05, 4.69) is 0 Å². The Balaban J connectivity index is 1.84. The van der Waals surface area contributed by atoms with Crippen LogP contribution in [0.4, 0.5) is 0 Å². The number of nitrogens with two attached hydrogens (primary N) is 1. The molecule has 1 atom stereocenters. The van der Waals surface area contributed by atoms with E-state index in [1.54, 1.807) is 4.90 Å². The molecule has 0 aliphatic carbocycles. The first-order valence-corrected chi connectivity index (χ1v) is 6.44. The van der Waals surface area contributed by atoms with Gasteiger partial charge in [-0.2, -0.15) is 0 Å². The van der Waals surface area contributed by atoms with E-state index in [0.717, 1.165) is 0 Å². The average molecular weight is 280 g/mol. The van der Waals surface area contributed by atoms with Crippen LogP contribution in [0.5, 0.6) is 5.75 Å². The maximum absolute atomic E-state index is 12.0. The zero-order chi connectivity index (χ0) is 13.7. The minimum absolute atomic E-state index is 0.00800. The van der Waals surface area contributed by atoms with Gasteiger partial charge in [0.1, 0.15) is 16.8 Å². The number of rotatable bonds is 4. The van der Waals surface area contributed by atoms with E-state index >= 15 is 0 Å². The van der Waals surface area contributed by atoms with Crippen molar-refractivity contribution in [1.82, 2.24) is 4.90 Å². The second kappa shape index (κ2) is 6.49. The zero-order valence-corrected chi connectivity index (χ0v) is 11.3. The van der Waals surface area contributed by atoms with Crippen molar-refractivity contribution in [2.24, 2.45) is 5.73 Å². The lowest BCUT2D eigenvalue weighted by atomic mass is 10.2. The minimum atomic E-state index is -0.357. The number of benzene rings is 1. The van der Waals surface area contributed by atoms with Crippen LogP contribution in [0.1, 0.15) is 0 Å². The fourth-order valence-electron chi connectivity index (χ4n) is 1.80. The van der Waals surface area contributed by atoms with Gasteiger partial charge in [0.05, 0.1) is 13.2 Å². The van der Waals surface area contributed by atoms with E-state index in [-0.39, 0.29) is 23.6 Å². The molecule has 0 spiro atoms. The number of morpholine rings is 1. The summed E-state index contributed by atoms with van der Waals surface area (Å²) >= 11 is 4.88. The summed E-state index contributed by atoms with van der Waals surface area (Å²) in [5.41, 5.74) is 5.53. The van der Waals surface area contributed by atoms with Gasteiger partial charge in [-0.1, -0.05) is 30.4 Å². The summed E-state index contributed by atoms with van der Waals surface area (Å²) in [6.45, 7) is 1.38. The van der Waals surface area contributed by atoms with Crippen LogP contribution in [0.15, 0.2) is 30.3 Å². The number of amides is 1. The Bertz CT molecular complexity index is 452. The molecule has 6 heteroatoms. The normalized spacial score (nSPS) is 18.9. The van der Waals surface area contributed by atoms with Crippen molar-refractivity contribution in [3.8, 4) is 5.75 Å². The third-order valence-corrected chi connectivity index (χ3v) is 3.10. The molecule has 0 aromatic heterocycles. The number of nitrogens with zero attached hydrogens (tertiary/aromatic N) is 1. The average Bonchev–Trinajstić information content (AvgIpc) is 2.46. The van der Waals surface area contributed by atoms with Crippen molar-refractivity contribution in [1.29, 1.82) is 0 Å². The molecule has 0 bridgehead atoms. The van der Waals surface area contributed by atoms with Gasteiger partial charge < -0.3 is 20.1 Å². The van der Waals surface area contributed by atoms with E-state index < -0.39 is 0 Å². The molecule has 1 aliphatic heterocycles. The predicted molar refractivity (Wildman–Crippen MR) is 75.0 cm³/mol. The van der Waals surface area contributed by atoms with E-state index in [1.165, 1.54) is 0 Å². The molecule has 1 heterocycles. The van der Waals surface area contributed by atoms with Gasteiger partial charge in [0.15, 0.2) is 6.61 Å². The Hall–Kier alpha value is -1.66. The van der Waals surface area contributed by atoms with Crippen molar-refractivity contribution in [3.05, 3.63) is 30.3 Å². The van der Waals surface area contributed by atoms with Crippen LogP contribution in [0.25, 0.3) is 0 Å². The van der Waals surface area contributed by atoms with Crippen molar-refractivity contribution in [3.63, 3.8) is 0 Å². The number of thiocarbonyl (C=S) groups is 1. The molecular weight excluding hydrogens is 264 g/mol. The minimum Gasteiger partial charge on any atom is -0.484 e. The van der Waals surface area contributed by atoms with Crippen LogP contribution in [0.2, 0.25) is 0 Å². The molecule has 1 saturated heterocycles. The van der Waals surface area contributed by atoms with Crippen LogP contribution < -0.4 is 10.5 Å². The molecule has 1 aromatic carbocycles. The van der Waals surface area contributed by atoms with Crippen LogP contribution in [0.3, 0.4) is 0 Å². The topological polar surface area (TPSA) is 64.8 Å². The van der Waals surface area contributed by atoms with Gasteiger partial charge in [0.2, 0.25) is 0 Å². The van der Waals surface area contributed by atoms with Crippen molar-refractivity contribution >= 4 is 23.1 Å². The molecule has 2 N–H and O–H groups in total. The molecule has 1 amide bonds. The zero-order valence-electron chi connectivity index (χ0n) is 10.5. The number of para-hydroxylation sites is 1. The lowest BCUT2D eigenvalue weighted by molar-refractivity contribution is -0.138. The number of carbonyl (C=O) groups is 1. The Morgan fingerprint density at radius 2 is 2.21 bits per heavy atom. The first-order chi connectivity index (χ1) is 9.16. The second-order valence-corrected chi connectivity index (χ2v) is 4.67. The van der Waals surface area contributed by atoms with Crippen molar-refractivity contribution in [2.75, 3.05) is 26.3 Å². The summed E-state index contributed by atoms with van der Waals surface area (Å²) in [4.78, 5) is 13.9. The highest BCUT2D eigenvalue weighted by atomic mass is 32.1. The summed E-state index contributed by atoms with van der Waals surface area (Å²) in [5, 5.41) is 0. The van der Waals surface area contributed by atoms with E-state index in [1.807, 2.05) is 30.3 Å². The monoisotopic (exact) mass is 280 g/mol. The van der Waals surface area contributed by atoms with Crippen LogP contribution in [-0.4, -0.2) is 48.2 Å². The Kier molecular flexibility index (Phi) is 4.70. The smallest absolute Gasteiger partial charge is 0.260 e. The first-order valence-electron chi connectivity index (χ1n) is 6.03. The maximum atomic E-state index is 12.0. The molecule has 5 nitrogen and oxygen atoms in total. The molecule has 0 saturated carbocycles. The fraction of sp³-hybridized carbons (Fsp3) is 0.385. The number of carbonyl (C=O) groups excluding carboxylic acids is 1. The molecule has 19 heavy (non-hydrogen) atoms. The quantitative estimate of drug-likeness (QED) is 0.817. The predicted octanol–water partition coefficient (Wildman–Crippen LogP) is 0.579. The van der Waals surface area contributed by atoms with Crippen molar-refractivity contribution in [2.45, 2.75) is 6.10 Å². The molecule has 1 unspecified atom stereocenters. The fourth-order valence-corrected chi connectivity index (χ4v) is 1.94. The third-order valence-electron chi connectivity index (χ3n) is 2.84. The van der Waals surface area contributed by atoms with E-state index in [0.29, 0.717) is 25.4 Å².